The molecule has 1 unspecified atom stereocenters. The quantitative estimate of drug-likeness (QED) is 0.753. The van der Waals surface area contributed by atoms with Crippen molar-refractivity contribution in [2.75, 3.05) is 25.5 Å². The van der Waals surface area contributed by atoms with Crippen LogP contribution in [0.15, 0.2) is 54.6 Å². The summed E-state index contributed by atoms with van der Waals surface area (Å²) in [4.78, 5) is 26.6. The van der Waals surface area contributed by atoms with Gasteiger partial charge in [0.25, 0.3) is 5.91 Å². The molecule has 2 aromatic rings. The normalized spacial score (nSPS) is 20.9. The van der Waals surface area contributed by atoms with Gasteiger partial charge < -0.3 is 16.4 Å². The second-order valence-electron chi connectivity index (χ2n) is 6.96. The lowest BCUT2D eigenvalue weighted by Gasteiger charge is -2.23. The Labute approximate surface area is 159 Å². The summed E-state index contributed by atoms with van der Waals surface area (Å²) >= 11 is 0. The molecule has 6 heteroatoms. The Hall–Kier alpha value is -2.70. The van der Waals surface area contributed by atoms with E-state index in [4.69, 9.17) is 5.73 Å². The number of nitrogens with two attached hydrogens (primary N) is 1. The van der Waals surface area contributed by atoms with E-state index >= 15 is 0 Å². The molecule has 1 aliphatic rings. The maximum absolute atomic E-state index is 12.7. The Bertz CT molecular complexity index is 809. The van der Waals surface area contributed by atoms with Gasteiger partial charge in [-0.05, 0) is 30.7 Å². The second-order valence-corrected chi connectivity index (χ2v) is 6.96. The largest absolute Gasteiger partial charge is 0.355 e. The molecule has 3 atom stereocenters. The van der Waals surface area contributed by atoms with E-state index in [1.165, 1.54) is 5.56 Å². The van der Waals surface area contributed by atoms with E-state index in [0.717, 1.165) is 6.54 Å². The highest BCUT2D eigenvalue weighted by Crippen LogP contribution is 2.28. The first-order chi connectivity index (χ1) is 13.0. The van der Waals surface area contributed by atoms with Gasteiger partial charge in [-0.3, -0.25) is 14.5 Å². The molecule has 0 aliphatic carbocycles. The van der Waals surface area contributed by atoms with Crippen LogP contribution in [-0.4, -0.2) is 48.9 Å². The molecule has 1 heterocycles. The van der Waals surface area contributed by atoms with Crippen molar-refractivity contribution < 1.29 is 9.59 Å². The number of benzene rings is 2. The van der Waals surface area contributed by atoms with Crippen LogP contribution >= 0.6 is 0 Å². The third-order valence-electron chi connectivity index (χ3n) is 5.17. The van der Waals surface area contributed by atoms with E-state index in [9.17, 15) is 9.59 Å². The summed E-state index contributed by atoms with van der Waals surface area (Å²) in [7, 11) is 1.58. The zero-order valence-electron chi connectivity index (χ0n) is 15.7. The Kier molecular flexibility index (Phi) is 5.88. The summed E-state index contributed by atoms with van der Waals surface area (Å²) in [6.07, 6.45) is 0. The van der Waals surface area contributed by atoms with Crippen LogP contribution in [0.2, 0.25) is 0 Å². The van der Waals surface area contributed by atoms with Gasteiger partial charge in [-0.25, -0.2) is 0 Å². The molecule has 1 fully saturated rings. The monoisotopic (exact) mass is 366 g/mol. The number of nitrogens with one attached hydrogen (secondary N) is 2. The first-order valence-corrected chi connectivity index (χ1v) is 9.17. The predicted molar refractivity (Wildman–Crippen MR) is 107 cm³/mol. The first kappa shape index (κ1) is 19.1. The van der Waals surface area contributed by atoms with E-state index in [0.29, 0.717) is 17.8 Å². The molecule has 0 aromatic heterocycles. The zero-order valence-corrected chi connectivity index (χ0v) is 15.7. The molecule has 6 nitrogen and oxygen atoms in total. The Balaban J connectivity index is 1.65. The van der Waals surface area contributed by atoms with Gasteiger partial charge in [-0.2, -0.15) is 0 Å². The van der Waals surface area contributed by atoms with Gasteiger partial charge in [0.1, 0.15) is 0 Å². The number of rotatable bonds is 5. The van der Waals surface area contributed by atoms with Crippen molar-refractivity contribution in [3.05, 3.63) is 65.7 Å². The van der Waals surface area contributed by atoms with Gasteiger partial charge in [0.15, 0.2) is 0 Å². The Morgan fingerprint density at radius 1 is 1.11 bits per heavy atom. The maximum atomic E-state index is 12.7. The Morgan fingerprint density at radius 2 is 1.85 bits per heavy atom. The molecule has 1 saturated heterocycles. The molecule has 0 radical (unpaired) electrons. The van der Waals surface area contributed by atoms with Gasteiger partial charge in [-0.1, -0.05) is 36.4 Å². The van der Waals surface area contributed by atoms with Crippen molar-refractivity contribution in [2.45, 2.75) is 24.9 Å². The fourth-order valence-corrected chi connectivity index (χ4v) is 3.52. The van der Waals surface area contributed by atoms with Crippen LogP contribution in [0.5, 0.6) is 0 Å². The smallest absolute Gasteiger partial charge is 0.251 e. The van der Waals surface area contributed by atoms with Gasteiger partial charge in [0, 0.05) is 43.3 Å². The van der Waals surface area contributed by atoms with Gasteiger partial charge in [0.2, 0.25) is 5.91 Å². The summed E-state index contributed by atoms with van der Waals surface area (Å²) in [5.41, 5.74) is 8.67. The highest BCUT2D eigenvalue weighted by Gasteiger charge is 2.35. The minimum absolute atomic E-state index is 0.000715. The van der Waals surface area contributed by atoms with E-state index in [-0.39, 0.29) is 29.8 Å². The average Bonchev–Trinajstić information content (AvgIpc) is 3.09. The molecule has 3 rings (SSSR count). The molecule has 142 valence electrons. The first-order valence-electron chi connectivity index (χ1n) is 9.17. The van der Waals surface area contributed by atoms with E-state index in [1.807, 2.05) is 25.1 Å². The van der Waals surface area contributed by atoms with Crippen LogP contribution in [0.25, 0.3) is 0 Å². The third-order valence-corrected chi connectivity index (χ3v) is 5.17. The van der Waals surface area contributed by atoms with Gasteiger partial charge in [0.05, 0.1) is 6.04 Å². The van der Waals surface area contributed by atoms with Crippen molar-refractivity contribution in [3.8, 4) is 0 Å². The SMILES string of the molecule is CNC(=O)c1cccc(NC(=O)C(C)N2C[C@@H](N)[C@H](c3ccccc3)C2)c1. The topological polar surface area (TPSA) is 87.5 Å². The van der Waals surface area contributed by atoms with E-state index < -0.39 is 0 Å². The number of amides is 2. The number of likely N-dealkylation sites (tertiary alicyclic amines) is 1. The van der Waals surface area contributed by atoms with Crippen molar-refractivity contribution >= 4 is 17.5 Å². The van der Waals surface area contributed by atoms with Crippen LogP contribution in [0, 0.1) is 0 Å². The average molecular weight is 366 g/mol. The molecular formula is C21H26N4O2. The Morgan fingerprint density at radius 3 is 2.56 bits per heavy atom. The fourth-order valence-electron chi connectivity index (χ4n) is 3.52. The van der Waals surface area contributed by atoms with Crippen LogP contribution in [0.3, 0.4) is 0 Å². The summed E-state index contributed by atoms with van der Waals surface area (Å²) < 4.78 is 0. The van der Waals surface area contributed by atoms with Gasteiger partial charge >= 0.3 is 0 Å². The van der Waals surface area contributed by atoms with Crippen LogP contribution in [0.4, 0.5) is 5.69 Å². The molecule has 0 bridgehead atoms. The molecule has 27 heavy (non-hydrogen) atoms. The van der Waals surface area contributed by atoms with E-state index in [2.05, 4.69) is 27.7 Å². The highest BCUT2D eigenvalue weighted by atomic mass is 16.2. The molecule has 4 N–H and O–H groups in total. The minimum atomic E-state index is -0.312. The summed E-state index contributed by atoms with van der Waals surface area (Å²) in [5, 5.41) is 5.49. The minimum Gasteiger partial charge on any atom is -0.355 e. The van der Waals surface area contributed by atoms with Crippen LogP contribution in [0.1, 0.15) is 28.8 Å². The highest BCUT2D eigenvalue weighted by molar-refractivity contribution is 5.98. The lowest BCUT2D eigenvalue weighted by Crippen LogP contribution is -2.41. The summed E-state index contributed by atoms with van der Waals surface area (Å²) in [6, 6.07) is 16.8. The summed E-state index contributed by atoms with van der Waals surface area (Å²) in [5.74, 6) is -0.0710. The maximum Gasteiger partial charge on any atom is 0.251 e. The number of carbonyl (C=O) groups is 2. The number of hydrogen-bond donors (Lipinski definition) is 3. The van der Waals surface area contributed by atoms with E-state index in [1.54, 1.807) is 31.3 Å². The number of nitrogens with zero attached hydrogens (tertiary/aromatic N) is 1. The third kappa shape index (κ3) is 4.35. The number of anilines is 1. The molecule has 2 aromatic carbocycles. The number of hydrogen-bond acceptors (Lipinski definition) is 4. The van der Waals surface area contributed by atoms with Gasteiger partial charge in [-0.15, -0.1) is 0 Å². The second kappa shape index (κ2) is 8.33. The van der Waals surface area contributed by atoms with Crippen molar-refractivity contribution in [1.29, 1.82) is 0 Å². The zero-order chi connectivity index (χ0) is 19.4. The van der Waals surface area contributed by atoms with Crippen molar-refractivity contribution in [3.63, 3.8) is 0 Å². The summed E-state index contributed by atoms with van der Waals surface area (Å²) in [6.45, 7) is 3.31. The van der Waals surface area contributed by atoms with Crippen molar-refractivity contribution in [2.24, 2.45) is 5.73 Å². The lowest BCUT2D eigenvalue weighted by atomic mass is 9.95. The molecule has 0 spiro atoms. The van der Waals surface area contributed by atoms with Crippen LogP contribution in [-0.2, 0) is 4.79 Å². The lowest BCUT2D eigenvalue weighted by molar-refractivity contribution is -0.120. The molecule has 1 aliphatic heterocycles. The predicted octanol–water partition coefficient (Wildman–Crippen LogP) is 1.80. The standard InChI is InChI=1S/C21H26N4O2/c1-14(20(26)24-17-10-6-9-16(11-17)21(27)23-2)25-12-18(19(22)13-25)15-7-4-3-5-8-15/h3-11,14,18-19H,12-13,22H2,1-2H3,(H,23,27)(H,24,26)/t14?,18-,19+/m0/s1. The van der Waals surface area contributed by atoms with Crippen molar-refractivity contribution in [1.82, 2.24) is 10.2 Å². The number of carbonyl (C=O) groups excluding carboxylic acids is 2. The molecule has 2 amide bonds. The molecular weight excluding hydrogens is 340 g/mol. The fraction of sp³-hybridized carbons (Fsp3) is 0.333. The molecule has 0 saturated carbocycles. The van der Waals surface area contributed by atoms with Crippen LogP contribution < -0.4 is 16.4 Å².